The molecule has 4 aromatic rings. The van der Waals surface area contributed by atoms with Gasteiger partial charge in [0.2, 0.25) is 0 Å². The van der Waals surface area contributed by atoms with Crippen molar-refractivity contribution in [3.05, 3.63) is 99.2 Å². The summed E-state index contributed by atoms with van der Waals surface area (Å²) >= 11 is 1.34. The number of thiazole rings is 1. The van der Waals surface area contributed by atoms with Crippen LogP contribution in [0.25, 0.3) is 0 Å². The number of aromatic nitrogens is 1. The van der Waals surface area contributed by atoms with E-state index in [1.807, 2.05) is 84.3 Å². The van der Waals surface area contributed by atoms with Crippen LogP contribution in [-0.4, -0.2) is 31.6 Å². The predicted molar refractivity (Wildman–Crippen MR) is 140 cm³/mol. The molecular formula is C27H24AsN4OS. The van der Waals surface area contributed by atoms with E-state index in [0.717, 1.165) is 27.7 Å². The van der Waals surface area contributed by atoms with Crippen molar-refractivity contribution < 1.29 is 5.11 Å². The summed E-state index contributed by atoms with van der Waals surface area (Å²) in [6.45, 7) is 4.65. The van der Waals surface area contributed by atoms with Crippen molar-refractivity contribution in [1.29, 1.82) is 5.26 Å². The summed E-state index contributed by atoms with van der Waals surface area (Å²) in [6.07, 6.45) is 1.70. The first-order valence-electron chi connectivity index (χ1n) is 10.9. The van der Waals surface area contributed by atoms with E-state index in [4.69, 9.17) is 4.99 Å². The van der Waals surface area contributed by atoms with E-state index in [9.17, 15) is 10.4 Å². The molecule has 0 atom stereocenters. The van der Waals surface area contributed by atoms with E-state index in [1.165, 1.54) is 15.7 Å². The molecule has 0 aliphatic carbocycles. The summed E-state index contributed by atoms with van der Waals surface area (Å²) in [5.74, 6) is 0.131. The molecule has 0 spiro atoms. The molecule has 0 fully saturated rings. The Hall–Kier alpha value is -3.39. The number of hydrogen-bond acceptors (Lipinski definition) is 5. The first-order chi connectivity index (χ1) is 16.6. The molecule has 0 bridgehead atoms. The Bertz CT molecular complexity index is 1430. The molecule has 1 aromatic heterocycles. The van der Waals surface area contributed by atoms with Crippen LogP contribution in [0.5, 0.6) is 5.88 Å². The number of aliphatic imine (C=N–C) groups is 1. The van der Waals surface area contributed by atoms with Gasteiger partial charge in [0.25, 0.3) is 0 Å². The third kappa shape index (κ3) is 5.56. The van der Waals surface area contributed by atoms with Gasteiger partial charge in [-0.1, -0.05) is 0 Å². The molecule has 3 aromatic carbocycles. The molecule has 169 valence electrons. The predicted octanol–water partition coefficient (Wildman–Crippen LogP) is 5.23. The molecule has 0 unspecified atom stereocenters. The molecule has 1 N–H and O–H groups in total. The van der Waals surface area contributed by atoms with E-state index in [1.54, 1.807) is 6.21 Å². The summed E-state index contributed by atoms with van der Waals surface area (Å²) in [5, 5.41) is 21.6. The van der Waals surface area contributed by atoms with Crippen molar-refractivity contribution in [3.8, 4) is 11.9 Å². The number of benzene rings is 3. The fraction of sp³-hybridized carbons (Fsp3) is 0.148. The van der Waals surface area contributed by atoms with Crippen molar-refractivity contribution in [3.63, 3.8) is 0 Å². The zero-order chi connectivity index (χ0) is 23.9. The van der Waals surface area contributed by atoms with Gasteiger partial charge >= 0.3 is 211 Å². The van der Waals surface area contributed by atoms with Crippen LogP contribution in [0, 0.1) is 18.3 Å². The molecule has 0 saturated heterocycles. The first kappa shape index (κ1) is 23.8. The van der Waals surface area contributed by atoms with E-state index < -0.39 is 0 Å². The Morgan fingerprint density at radius 2 is 1.82 bits per heavy atom. The number of hydrogen-bond donors (Lipinski definition) is 1. The minimum absolute atomic E-state index is 0.0484. The third-order valence-electron chi connectivity index (χ3n) is 5.18. The van der Waals surface area contributed by atoms with Crippen molar-refractivity contribution in [2.75, 3.05) is 0 Å². The van der Waals surface area contributed by atoms with Gasteiger partial charge in [-0.2, -0.15) is 0 Å². The molecule has 0 aliphatic heterocycles. The van der Waals surface area contributed by atoms with Crippen LogP contribution < -0.4 is 9.15 Å². The van der Waals surface area contributed by atoms with Gasteiger partial charge in [-0.3, -0.25) is 0 Å². The molecular weight excluding hydrogens is 503 g/mol. The molecule has 0 aliphatic rings. The number of aromatic hydroxyl groups is 1. The maximum atomic E-state index is 11.1. The average molecular weight is 528 g/mol. The molecule has 5 nitrogen and oxygen atoms in total. The topological polar surface area (TPSA) is 73.7 Å². The summed E-state index contributed by atoms with van der Waals surface area (Å²) in [6, 6.07) is 25.8. The zero-order valence-corrected chi connectivity index (χ0v) is 21.7. The van der Waals surface area contributed by atoms with Gasteiger partial charge in [0.15, 0.2) is 0 Å². The monoisotopic (exact) mass is 527 g/mol. The quantitative estimate of drug-likeness (QED) is 0.264. The van der Waals surface area contributed by atoms with Crippen LogP contribution in [-0.2, 0) is 6.54 Å². The second kappa shape index (κ2) is 11.2. The Kier molecular flexibility index (Phi) is 7.79. The van der Waals surface area contributed by atoms with Gasteiger partial charge in [0, 0.05) is 0 Å². The normalized spacial score (nSPS) is 12.1. The van der Waals surface area contributed by atoms with Gasteiger partial charge in [0.05, 0.1) is 0 Å². The Morgan fingerprint density at radius 1 is 1.06 bits per heavy atom. The van der Waals surface area contributed by atoms with Gasteiger partial charge in [-0.05, 0) is 0 Å². The molecule has 7 heteroatoms. The van der Waals surface area contributed by atoms with Gasteiger partial charge in [-0.15, -0.1) is 0 Å². The second-order valence-corrected chi connectivity index (χ2v) is 11.6. The van der Waals surface area contributed by atoms with Crippen LogP contribution >= 0.6 is 11.3 Å². The average Bonchev–Trinajstić information content (AvgIpc) is 3.14. The summed E-state index contributed by atoms with van der Waals surface area (Å²) in [7, 11) is 0. The third-order valence-corrected chi connectivity index (χ3v) is 8.35. The summed E-state index contributed by atoms with van der Waals surface area (Å²) < 4.78 is 2.98. The van der Waals surface area contributed by atoms with Crippen molar-refractivity contribution in [1.82, 2.24) is 4.57 Å². The number of para-hydroxylation sites is 1. The van der Waals surface area contributed by atoms with Crippen LogP contribution in [0.4, 0.5) is 11.4 Å². The van der Waals surface area contributed by atoms with Crippen LogP contribution in [0.15, 0.2) is 82.8 Å². The first-order valence-corrected chi connectivity index (χ1v) is 14.0. The summed E-state index contributed by atoms with van der Waals surface area (Å²) in [4.78, 5) is 10.9. The van der Waals surface area contributed by atoms with Crippen molar-refractivity contribution in [2.45, 2.75) is 25.6 Å². The number of rotatable bonds is 7. The Labute approximate surface area is 210 Å². The Balaban J connectivity index is 1.85. The Morgan fingerprint density at radius 3 is 2.56 bits per heavy atom. The van der Waals surface area contributed by atoms with Crippen molar-refractivity contribution in [2.24, 2.45) is 9.98 Å². The van der Waals surface area contributed by atoms with E-state index in [-0.39, 0.29) is 21.6 Å². The molecule has 4 rings (SSSR count). The fourth-order valence-corrected chi connectivity index (χ4v) is 6.01. The second-order valence-electron chi connectivity index (χ2n) is 7.59. The van der Waals surface area contributed by atoms with Gasteiger partial charge in [-0.25, -0.2) is 0 Å². The number of nitrogens with zero attached hydrogens (tertiary/aromatic N) is 4. The SMILES string of the molecule is CC[As]c1ccc(C#N)cc1N=c1sc(C=Nc2ccccc2C)c(O)n1Cc1ccccc1. The van der Waals surface area contributed by atoms with E-state index >= 15 is 0 Å². The summed E-state index contributed by atoms with van der Waals surface area (Å²) in [5.41, 5.74) is 4.37. The standard InChI is InChI=1S/C27H24AsN4OS/c1-3-28-22-14-13-21(16-29)15-24(22)31-27-32(18-20-10-5-4-6-11-20)26(33)25(34-27)17-30-23-12-8-7-9-19(23)2/h4-15,17,33H,3,18H2,1-2H3. The molecule has 0 saturated carbocycles. The zero-order valence-electron chi connectivity index (χ0n) is 19.0. The van der Waals surface area contributed by atoms with Crippen LogP contribution in [0.2, 0.25) is 5.21 Å². The van der Waals surface area contributed by atoms with Gasteiger partial charge in [0.1, 0.15) is 0 Å². The van der Waals surface area contributed by atoms with Crippen LogP contribution in [0.3, 0.4) is 0 Å². The molecule has 1 heterocycles. The van der Waals surface area contributed by atoms with Gasteiger partial charge < -0.3 is 0 Å². The molecule has 0 amide bonds. The molecule has 1 radical (unpaired) electrons. The minimum atomic E-state index is -0.0484. The van der Waals surface area contributed by atoms with Crippen molar-refractivity contribution >= 4 is 49.0 Å². The number of nitriles is 1. The molecule has 34 heavy (non-hydrogen) atoms. The fourth-order valence-electron chi connectivity index (χ4n) is 3.42. The maximum absolute atomic E-state index is 11.1. The van der Waals surface area contributed by atoms with Crippen LogP contribution in [0.1, 0.15) is 28.5 Å². The number of aryl methyl sites for hydroxylation is 1. The van der Waals surface area contributed by atoms with E-state index in [2.05, 4.69) is 18.0 Å². The van der Waals surface area contributed by atoms with E-state index in [0.29, 0.717) is 21.8 Å².